The molecule has 6 heteroatoms. The molecule has 0 aromatic heterocycles. The summed E-state index contributed by atoms with van der Waals surface area (Å²) in [6.45, 7) is 0. The fourth-order valence-corrected chi connectivity index (χ4v) is 5.82. The van der Waals surface area contributed by atoms with Gasteiger partial charge in [-0.1, -0.05) is 96.0 Å². The zero-order valence-electron chi connectivity index (χ0n) is 18.5. The van der Waals surface area contributed by atoms with Crippen LogP contribution < -0.4 is 0 Å². The summed E-state index contributed by atoms with van der Waals surface area (Å²) >= 11 is 13.2. The summed E-state index contributed by atoms with van der Waals surface area (Å²) in [7, 11) is 0. The predicted octanol–water partition coefficient (Wildman–Crippen LogP) is 7.14. The molecule has 0 heterocycles. The molecule has 0 aliphatic heterocycles. The molecule has 0 saturated carbocycles. The number of hydrogen-bond donors (Lipinski definition) is 2. The van der Waals surface area contributed by atoms with Crippen molar-refractivity contribution in [2.45, 2.75) is 18.3 Å². The van der Waals surface area contributed by atoms with Crippen LogP contribution in [0.2, 0.25) is 10.0 Å². The van der Waals surface area contributed by atoms with E-state index in [1.54, 1.807) is 12.1 Å². The van der Waals surface area contributed by atoms with Gasteiger partial charge >= 0.3 is 11.9 Å². The van der Waals surface area contributed by atoms with Crippen molar-refractivity contribution in [1.29, 1.82) is 0 Å². The van der Waals surface area contributed by atoms with Gasteiger partial charge < -0.3 is 10.2 Å². The van der Waals surface area contributed by atoms with E-state index < -0.39 is 17.4 Å². The molecule has 4 aromatic rings. The number of benzene rings is 4. The summed E-state index contributed by atoms with van der Waals surface area (Å²) < 4.78 is 0. The third-order valence-corrected chi connectivity index (χ3v) is 7.67. The van der Waals surface area contributed by atoms with E-state index in [9.17, 15) is 19.8 Å². The largest absolute Gasteiger partial charge is 0.478 e. The molecule has 4 nitrogen and oxygen atoms in total. The number of rotatable bonds is 6. The highest BCUT2D eigenvalue weighted by Crippen LogP contribution is 2.53. The molecule has 0 fully saturated rings. The van der Waals surface area contributed by atoms with E-state index in [0.717, 1.165) is 22.3 Å². The number of aromatic carboxylic acids is 2. The van der Waals surface area contributed by atoms with Crippen molar-refractivity contribution >= 4 is 35.1 Å². The zero-order valence-corrected chi connectivity index (χ0v) is 20.0. The Bertz CT molecular complexity index is 1380. The van der Waals surface area contributed by atoms with Crippen molar-refractivity contribution in [2.24, 2.45) is 0 Å². The maximum absolute atomic E-state index is 11.8. The van der Waals surface area contributed by atoms with Crippen molar-refractivity contribution in [3.05, 3.63) is 128 Å². The van der Waals surface area contributed by atoms with E-state index in [0.29, 0.717) is 24.0 Å². The van der Waals surface area contributed by atoms with Gasteiger partial charge in [0.1, 0.15) is 0 Å². The third-order valence-electron chi connectivity index (χ3n) is 6.78. The first-order valence-corrected chi connectivity index (χ1v) is 11.8. The Hall–Kier alpha value is -3.60. The monoisotopic (exact) mass is 502 g/mol. The van der Waals surface area contributed by atoms with Crippen LogP contribution in [0.4, 0.5) is 0 Å². The zero-order chi connectivity index (χ0) is 24.7. The highest BCUT2D eigenvalue weighted by molar-refractivity contribution is 6.34. The lowest BCUT2D eigenvalue weighted by atomic mass is 9.69. The van der Waals surface area contributed by atoms with Crippen LogP contribution in [-0.2, 0) is 18.3 Å². The van der Waals surface area contributed by atoms with Crippen molar-refractivity contribution in [3.8, 4) is 11.1 Å². The van der Waals surface area contributed by atoms with Crippen LogP contribution in [0.1, 0.15) is 43.0 Å². The maximum atomic E-state index is 11.8. The summed E-state index contributed by atoms with van der Waals surface area (Å²) in [6.07, 6.45) is 0.823. The number of carboxylic acids is 2. The normalized spacial score (nSPS) is 13.2. The fraction of sp³-hybridized carbons (Fsp3) is 0.103. The average molecular weight is 503 g/mol. The highest BCUT2D eigenvalue weighted by atomic mass is 35.5. The summed E-state index contributed by atoms with van der Waals surface area (Å²) in [5.74, 6) is -2.18. The first-order chi connectivity index (χ1) is 16.8. The molecule has 0 spiro atoms. The van der Waals surface area contributed by atoms with Crippen LogP contribution in [0.3, 0.4) is 0 Å². The second-order valence-corrected chi connectivity index (χ2v) is 9.45. The molecule has 5 rings (SSSR count). The lowest BCUT2D eigenvalue weighted by molar-refractivity contribution is 0.0686. The van der Waals surface area contributed by atoms with Gasteiger partial charge in [0.15, 0.2) is 0 Å². The van der Waals surface area contributed by atoms with E-state index in [1.807, 2.05) is 36.4 Å². The summed E-state index contributed by atoms with van der Waals surface area (Å²) in [4.78, 5) is 23.5. The summed E-state index contributed by atoms with van der Waals surface area (Å²) in [5.41, 5.74) is 5.14. The van der Waals surface area contributed by atoms with E-state index >= 15 is 0 Å². The lowest BCUT2D eigenvalue weighted by Crippen LogP contribution is -2.31. The Morgan fingerprint density at radius 1 is 0.600 bits per heavy atom. The SMILES string of the molecule is O=C(O)c1cccc(CC2(Cc3cccc(C(=O)O)c3Cl)c3ccccc3-c3ccccc32)c1Cl. The first kappa shape index (κ1) is 23.2. The minimum Gasteiger partial charge on any atom is -0.478 e. The molecule has 2 N–H and O–H groups in total. The van der Waals surface area contributed by atoms with E-state index in [2.05, 4.69) is 24.3 Å². The Kier molecular flexibility index (Phi) is 5.87. The van der Waals surface area contributed by atoms with E-state index in [4.69, 9.17) is 23.2 Å². The standard InChI is InChI=1S/C29H20Cl2O4/c30-25-17(7-5-11-21(25)27(32)33)15-29(16-18-8-6-12-22(26(18)31)28(34)35)23-13-3-1-9-19(23)20-10-2-4-14-24(20)29/h1-14H,15-16H2,(H,32,33)(H,34,35). The lowest BCUT2D eigenvalue weighted by Gasteiger charge is -2.33. The van der Waals surface area contributed by atoms with E-state index in [1.165, 1.54) is 12.1 Å². The Balaban J connectivity index is 1.77. The molecule has 0 unspecified atom stereocenters. The number of fused-ring (bicyclic) bond motifs is 3. The van der Waals surface area contributed by atoms with Gasteiger partial charge in [0.25, 0.3) is 0 Å². The van der Waals surface area contributed by atoms with Gasteiger partial charge in [-0.3, -0.25) is 0 Å². The van der Waals surface area contributed by atoms with Gasteiger partial charge in [0.2, 0.25) is 0 Å². The predicted molar refractivity (Wildman–Crippen MR) is 137 cm³/mol. The van der Waals surface area contributed by atoms with Crippen LogP contribution in [0.25, 0.3) is 11.1 Å². The number of hydrogen-bond acceptors (Lipinski definition) is 2. The molecule has 0 saturated heterocycles. The minimum atomic E-state index is -1.09. The van der Waals surface area contributed by atoms with Crippen LogP contribution >= 0.6 is 23.2 Å². The van der Waals surface area contributed by atoms with Crippen LogP contribution in [0, 0.1) is 0 Å². The topological polar surface area (TPSA) is 74.6 Å². The second kappa shape index (κ2) is 8.88. The van der Waals surface area contributed by atoms with Crippen molar-refractivity contribution in [2.75, 3.05) is 0 Å². The van der Waals surface area contributed by atoms with Gasteiger partial charge in [-0.15, -0.1) is 0 Å². The first-order valence-electron chi connectivity index (χ1n) is 11.0. The number of carbonyl (C=O) groups is 2. The van der Waals surface area contributed by atoms with Crippen LogP contribution in [0.5, 0.6) is 0 Å². The molecule has 4 aromatic carbocycles. The third kappa shape index (κ3) is 3.79. The smallest absolute Gasteiger partial charge is 0.337 e. The molecule has 1 aliphatic rings. The van der Waals surface area contributed by atoms with Gasteiger partial charge in [-0.2, -0.15) is 0 Å². The number of carboxylic acid groups (broad SMARTS) is 2. The van der Waals surface area contributed by atoms with Crippen molar-refractivity contribution in [1.82, 2.24) is 0 Å². The molecular formula is C29H20Cl2O4. The highest BCUT2D eigenvalue weighted by Gasteiger charge is 2.44. The van der Waals surface area contributed by atoms with Crippen LogP contribution in [0.15, 0.2) is 84.9 Å². The van der Waals surface area contributed by atoms with Crippen molar-refractivity contribution < 1.29 is 19.8 Å². The maximum Gasteiger partial charge on any atom is 0.337 e. The van der Waals surface area contributed by atoms with Gasteiger partial charge in [-0.25, -0.2) is 9.59 Å². The number of halogens is 2. The van der Waals surface area contributed by atoms with Gasteiger partial charge in [-0.05, 0) is 58.4 Å². The molecular weight excluding hydrogens is 483 g/mol. The Labute approximate surface area is 212 Å². The Morgan fingerprint density at radius 2 is 1.00 bits per heavy atom. The van der Waals surface area contributed by atoms with Crippen LogP contribution in [-0.4, -0.2) is 22.2 Å². The molecule has 0 amide bonds. The Morgan fingerprint density at radius 3 is 1.40 bits per heavy atom. The molecule has 1 aliphatic carbocycles. The molecule has 0 radical (unpaired) electrons. The second-order valence-electron chi connectivity index (χ2n) is 8.69. The summed E-state index contributed by atoms with van der Waals surface area (Å²) in [5, 5.41) is 19.7. The molecule has 35 heavy (non-hydrogen) atoms. The molecule has 0 atom stereocenters. The van der Waals surface area contributed by atoms with Gasteiger partial charge in [0.05, 0.1) is 21.2 Å². The average Bonchev–Trinajstić information content (AvgIpc) is 3.11. The van der Waals surface area contributed by atoms with Crippen molar-refractivity contribution in [3.63, 3.8) is 0 Å². The molecule has 0 bridgehead atoms. The van der Waals surface area contributed by atoms with E-state index in [-0.39, 0.29) is 21.2 Å². The quantitative estimate of drug-likeness (QED) is 0.293. The minimum absolute atomic E-state index is 0.0461. The fourth-order valence-electron chi connectivity index (χ4n) is 5.27. The van der Waals surface area contributed by atoms with Gasteiger partial charge in [0, 0.05) is 5.41 Å². The molecule has 174 valence electrons. The summed E-state index contributed by atoms with van der Waals surface area (Å²) in [6, 6.07) is 26.3.